The third kappa shape index (κ3) is 3.09. The fourth-order valence-electron chi connectivity index (χ4n) is 3.20. The third-order valence-corrected chi connectivity index (χ3v) is 4.36. The summed E-state index contributed by atoms with van der Waals surface area (Å²) in [6.07, 6.45) is 2.09. The number of carbonyl (C=O) groups is 1. The topological polar surface area (TPSA) is 68.4 Å². The van der Waals surface area contributed by atoms with Crippen LogP contribution in [0.3, 0.4) is 0 Å². The molecule has 1 aliphatic rings. The largest absolute Gasteiger partial charge is 0.391 e. The van der Waals surface area contributed by atoms with E-state index in [0.29, 0.717) is 13.1 Å². The molecule has 2 amide bonds. The maximum absolute atomic E-state index is 12.1. The van der Waals surface area contributed by atoms with E-state index < -0.39 is 0 Å². The van der Waals surface area contributed by atoms with Gasteiger partial charge in [-0.3, -0.25) is 0 Å². The van der Waals surface area contributed by atoms with Gasteiger partial charge < -0.3 is 20.3 Å². The smallest absolute Gasteiger partial charge is 0.317 e. The fourth-order valence-corrected chi connectivity index (χ4v) is 3.20. The molecule has 1 atom stereocenters. The van der Waals surface area contributed by atoms with Crippen LogP contribution in [0.1, 0.15) is 24.1 Å². The lowest BCUT2D eigenvalue weighted by Gasteiger charge is -2.30. The van der Waals surface area contributed by atoms with Gasteiger partial charge in [0.2, 0.25) is 0 Å². The molecule has 1 aliphatic heterocycles. The SMILES string of the molecule is Cc1[nH]c2ccccc2c1CCNC(=O)N1CCCC(O)C1. The number of aryl methyl sites for hydroxylation is 1. The Kier molecular flexibility index (Phi) is 4.34. The number of aromatic nitrogens is 1. The second-order valence-electron chi connectivity index (χ2n) is 6.00. The molecule has 3 N–H and O–H groups in total. The summed E-state index contributed by atoms with van der Waals surface area (Å²) in [7, 11) is 0. The average molecular weight is 301 g/mol. The molecule has 1 aromatic heterocycles. The van der Waals surface area contributed by atoms with E-state index in [0.717, 1.165) is 37.0 Å². The first kappa shape index (κ1) is 14.9. The Bertz CT molecular complexity index is 665. The van der Waals surface area contributed by atoms with E-state index in [2.05, 4.69) is 29.4 Å². The zero-order valence-corrected chi connectivity index (χ0v) is 12.9. The van der Waals surface area contributed by atoms with E-state index >= 15 is 0 Å². The number of nitrogens with one attached hydrogen (secondary N) is 2. The van der Waals surface area contributed by atoms with Gasteiger partial charge in [0.25, 0.3) is 0 Å². The van der Waals surface area contributed by atoms with E-state index in [1.807, 2.05) is 12.1 Å². The van der Waals surface area contributed by atoms with Gasteiger partial charge in [-0.1, -0.05) is 18.2 Å². The van der Waals surface area contributed by atoms with E-state index in [-0.39, 0.29) is 12.1 Å². The molecule has 2 heterocycles. The quantitative estimate of drug-likeness (QED) is 0.813. The second-order valence-corrected chi connectivity index (χ2v) is 6.00. The Balaban J connectivity index is 1.58. The molecule has 3 rings (SSSR count). The highest BCUT2D eigenvalue weighted by Crippen LogP contribution is 2.21. The zero-order valence-electron chi connectivity index (χ0n) is 12.9. The molecule has 0 saturated carbocycles. The number of carbonyl (C=O) groups excluding carboxylic acids is 1. The third-order valence-electron chi connectivity index (χ3n) is 4.36. The lowest BCUT2D eigenvalue weighted by molar-refractivity contribution is 0.0843. The first-order valence-electron chi connectivity index (χ1n) is 7.92. The van der Waals surface area contributed by atoms with Crippen molar-refractivity contribution < 1.29 is 9.90 Å². The lowest BCUT2D eigenvalue weighted by atomic mass is 10.1. The Morgan fingerprint density at radius 1 is 1.45 bits per heavy atom. The van der Waals surface area contributed by atoms with Crippen LogP contribution >= 0.6 is 0 Å². The number of hydrogen-bond donors (Lipinski definition) is 3. The highest BCUT2D eigenvalue weighted by molar-refractivity contribution is 5.84. The standard InChI is InChI=1S/C17H23N3O2/c1-12-14(15-6-2-3-7-16(15)19-12)8-9-18-17(22)20-10-4-5-13(21)11-20/h2-3,6-7,13,19,21H,4-5,8-11H2,1H3,(H,18,22). The van der Waals surface area contributed by atoms with Crippen LogP contribution in [0.2, 0.25) is 0 Å². The Morgan fingerprint density at radius 3 is 3.09 bits per heavy atom. The number of H-pyrrole nitrogens is 1. The zero-order chi connectivity index (χ0) is 15.5. The van der Waals surface area contributed by atoms with E-state index in [1.165, 1.54) is 10.9 Å². The second kappa shape index (κ2) is 6.40. The number of piperidine rings is 1. The number of amides is 2. The lowest BCUT2D eigenvalue weighted by Crippen LogP contribution is -2.47. The Hall–Kier alpha value is -2.01. The van der Waals surface area contributed by atoms with Gasteiger partial charge in [-0.15, -0.1) is 0 Å². The van der Waals surface area contributed by atoms with Crippen molar-refractivity contribution in [3.63, 3.8) is 0 Å². The van der Waals surface area contributed by atoms with E-state index in [9.17, 15) is 9.90 Å². The van der Waals surface area contributed by atoms with Crippen molar-refractivity contribution >= 4 is 16.9 Å². The van der Waals surface area contributed by atoms with E-state index in [1.54, 1.807) is 4.90 Å². The summed E-state index contributed by atoms with van der Waals surface area (Å²) in [6.45, 7) is 3.85. The number of nitrogens with zero attached hydrogens (tertiary/aromatic N) is 1. The molecule has 1 unspecified atom stereocenters. The number of hydrogen-bond acceptors (Lipinski definition) is 2. The normalized spacial score (nSPS) is 18.6. The summed E-state index contributed by atoms with van der Waals surface area (Å²) < 4.78 is 0. The summed E-state index contributed by atoms with van der Waals surface area (Å²) in [5.41, 5.74) is 3.55. The highest BCUT2D eigenvalue weighted by Gasteiger charge is 2.21. The average Bonchev–Trinajstić information content (AvgIpc) is 2.83. The monoisotopic (exact) mass is 301 g/mol. The summed E-state index contributed by atoms with van der Waals surface area (Å²) in [4.78, 5) is 17.2. The minimum atomic E-state index is -0.379. The summed E-state index contributed by atoms with van der Waals surface area (Å²) in [6, 6.07) is 8.16. The molecule has 1 saturated heterocycles. The van der Waals surface area contributed by atoms with Gasteiger partial charge in [0.05, 0.1) is 6.10 Å². The molecule has 0 aliphatic carbocycles. The van der Waals surface area contributed by atoms with Crippen LogP contribution < -0.4 is 5.32 Å². The summed E-state index contributed by atoms with van der Waals surface area (Å²) in [5.74, 6) is 0. The van der Waals surface area contributed by atoms with Crippen molar-refractivity contribution in [1.29, 1.82) is 0 Å². The molecule has 118 valence electrons. The van der Waals surface area contributed by atoms with Crippen molar-refractivity contribution in [2.75, 3.05) is 19.6 Å². The van der Waals surface area contributed by atoms with Gasteiger partial charge in [-0.2, -0.15) is 0 Å². The van der Waals surface area contributed by atoms with Crippen molar-refractivity contribution in [2.45, 2.75) is 32.3 Å². The number of aromatic amines is 1. The van der Waals surface area contributed by atoms with Crippen molar-refractivity contribution in [1.82, 2.24) is 15.2 Å². The number of aliphatic hydroxyl groups excluding tert-OH is 1. The van der Waals surface area contributed by atoms with Crippen LogP contribution in [0.15, 0.2) is 24.3 Å². The fraction of sp³-hybridized carbons (Fsp3) is 0.471. The molecule has 2 aromatic rings. The van der Waals surface area contributed by atoms with Crippen molar-refractivity contribution in [2.24, 2.45) is 0 Å². The Labute approximate surface area is 130 Å². The molecule has 0 bridgehead atoms. The van der Waals surface area contributed by atoms with Gasteiger partial charge in [0.15, 0.2) is 0 Å². The van der Waals surface area contributed by atoms with Gasteiger partial charge >= 0.3 is 6.03 Å². The van der Waals surface area contributed by atoms with Gasteiger partial charge in [0, 0.05) is 36.2 Å². The summed E-state index contributed by atoms with van der Waals surface area (Å²) in [5, 5.41) is 13.8. The molecule has 5 heteroatoms. The summed E-state index contributed by atoms with van der Waals surface area (Å²) >= 11 is 0. The minimum Gasteiger partial charge on any atom is -0.391 e. The first-order valence-corrected chi connectivity index (χ1v) is 7.92. The minimum absolute atomic E-state index is 0.0729. The van der Waals surface area contributed by atoms with Crippen LogP contribution in [-0.2, 0) is 6.42 Å². The van der Waals surface area contributed by atoms with Crippen molar-refractivity contribution in [3.8, 4) is 0 Å². The van der Waals surface area contributed by atoms with E-state index in [4.69, 9.17) is 0 Å². The van der Waals surface area contributed by atoms with Gasteiger partial charge in [0.1, 0.15) is 0 Å². The maximum Gasteiger partial charge on any atom is 0.317 e. The first-order chi connectivity index (χ1) is 10.6. The number of aliphatic hydroxyl groups is 1. The molecular weight excluding hydrogens is 278 g/mol. The number of likely N-dealkylation sites (tertiary alicyclic amines) is 1. The highest BCUT2D eigenvalue weighted by atomic mass is 16.3. The van der Waals surface area contributed by atoms with Crippen molar-refractivity contribution in [3.05, 3.63) is 35.5 Å². The predicted molar refractivity (Wildman–Crippen MR) is 87.0 cm³/mol. The molecular formula is C17H23N3O2. The number of fused-ring (bicyclic) bond motifs is 1. The predicted octanol–water partition coefficient (Wildman–Crippen LogP) is 2.19. The van der Waals surface area contributed by atoms with Crippen LogP contribution in [0, 0.1) is 6.92 Å². The van der Waals surface area contributed by atoms with Crippen LogP contribution in [-0.4, -0.2) is 46.8 Å². The Morgan fingerprint density at radius 2 is 2.27 bits per heavy atom. The molecule has 1 fully saturated rings. The number of β-amino-alcohol motifs (C(OH)–C–C–N with tert-alkyl or cyclic N) is 1. The number of benzene rings is 1. The maximum atomic E-state index is 12.1. The molecule has 5 nitrogen and oxygen atoms in total. The number of urea groups is 1. The number of rotatable bonds is 3. The van der Waals surface area contributed by atoms with Crippen LogP contribution in [0.5, 0.6) is 0 Å². The molecule has 0 radical (unpaired) electrons. The van der Waals surface area contributed by atoms with Crippen LogP contribution in [0.25, 0.3) is 10.9 Å². The van der Waals surface area contributed by atoms with Gasteiger partial charge in [-0.05, 0) is 37.8 Å². The van der Waals surface area contributed by atoms with Gasteiger partial charge in [-0.25, -0.2) is 4.79 Å². The number of para-hydroxylation sites is 1. The molecule has 1 aromatic carbocycles. The molecule has 0 spiro atoms. The molecule has 22 heavy (non-hydrogen) atoms. The van der Waals surface area contributed by atoms with Crippen LogP contribution in [0.4, 0.5) is 4.79 Å².